The average Bonchev–Trinajstić information content (AvgIpc) is 2.78. The fraction of sp³-hybridized carbons (Fsp3) is 0.208. The third-order valence-corrected chi connectivity index (χ3v) is 6.91. The number of nitrogens with one attached hydrogen (secondary N) is 1. The Kier molecular flexibility index (Phi) is 7.89. The molecule has 0 bridgehead atoms. The van der Waals surface area contributed by atoms with Gasteiger partial charge in [0.15, 0.2) is 16.4 Å². The second kappa shape index (κ2) is 10.5. The van der Waals surface area contributed by atoms with Crippen molar-refractivity contribution in [2.24, 2.45) is 0 Å². The number of carbonyl (C=O) groups excluding carboxylic acids is 1. The smallest absolute Gasteiger partial charge is 0.422 e. The van der Waals surface area contributed by atoms with Crippen LogP contribution in [0.25, 0.3) is 11.1 Å². The average molecular weight is 512 g/mol. The summed E-state index contributed by atoms with van der Waals surface area (Å²) in [5.41, 5.74) is 1.87. The zero-order valence-corrected chi connectivity index (χ0v) is 19.6. The van der Waals surface area contributed by atoms with Crippen LogP contribution in [-0.4, -0.2) is 32.9 Å². The van der Waals surface area contributed by atoms with Crippen LogP contribution in [-0.2, 0) is 21.1 Å². The largest absolute Gasteiger partial charge is 0.483 e. The normalized spacial score (nSPS) is 11.8. The molecular weight excluding hydrogens is 491 g/mol. The molecule has 0 radical (unpaired) electrons. The second-order valence-electron chi connectivity index (χ2n) is 7.37. The van der Waals surface area contributed by atoms with E-state index in [2.05, 4.69) is 5.32 Å². The molecule has 0 atom stereocenters. The Morgan fingerprint density at radius 3 is 2.29 bits per heavy atom. The van der Waals surface area contributed by atoms with Crippen molar-refractivity contribution in [1.29, 1.82) is 0 Å². The number of para-hydroxylation sites is 1. The van der Waals surface area contributed by atoms with E-state index in [4.69, 9.17) is 16.3 Å². The van der Waals surface area contributed by atoms with E-state index in [0.29, 0.717) is 22.4 Å². The molecule has 180 valence electrons. The highest BCUT2D eigenvalue weighted by Gasteiger charge is 2.29. The lowest BCUT2D eigenvalue weighted by atomic mass is 10.0. The van der Waals surface area contributed by atoms with E-state index in [0.717, 1.165) is 0 Å². The van der Waals surface area contributed by atoms with Gasteiger partial charge in [-0.3, -0.25) is 4.79 Å². The number of hydrogen-bond acceptors (Lipinski definition) is 4. The van der Waals surface area contributed by atoms with Crippen molar-refractivity contribution in [3.63, 3.8) is 0 Å². The molecule has 1 N–H and O–H groups in total. The molecule has 0 spiro atoms. The van der Waals surface area contributed by atoms with E-state index in [1.54, 1.807) is 49.4 Å². The van der Waals surface area contributed by atoms with Crippen LogP contribution in [0.4, 0.5) is 18.9 Å². The number of hydrogen-bond donors (Lipinski definition) is 1. The predicted molar refractivity (Wildman–Crippen MR) is 125 cm³/mol. The Labute approximate surface area is 200 Å². The summed E-state index contributed by atoms with van der Waals surface area (Å²) >= 11 is 6.36. The van der Waals surface area contributed by atoms with Crippen molar-refractivity contribution >= 4 is 33.0 Å². The van der Waals surface area contributed by atoms with Gasteiger partial charge < -0.3 is 10.1 Å². The SMILES string of the molecule is CCS(=O)(=O)c1ccc(CC(=O)Nc2ccc(-c3ccccc3OCC(F)(F)F)c(Cl)c2)cc1. The van der Waals surface area contributed by atoms with Gasteiger partial charge in [-0.05, 0) is 35.9 Å². The summed E-state index contributed by atoms with van der Waals surface area (Å²) in [7, 11) is -3.32. The van der Waals surface area contributed by atoms with Crippen LogP contribution in [0, 0.1) is 0 Å². The van der Waals surface area contributed by atoms with Crippen LogP contribution in [0.1, 0.15) is 12.5 Å². The van der Waals surface area contributed by atoms with Gasteiger partial charge in [-0.2, -0.15) is 13.2 Å². The van der Waals surface area contributed by atoms with Crippen molar-refractivity contribution in [2.45, 2.75) is 24.4 Å². The van der Waals surface area contributed by atoms with Gasteiger partial charge in [-0.15, -0.1) is 0 Å². The molecule has 0 saturated carbocycles. The first kappa shape index (κ1) is 25.6. The molecule has 0 unspecified atom stereocenters. The van der Waals surface area contributed by atoms with Crippen LogP contribution in [0.15, 0.2) is 71.6 Å². The minimum atomic E-state index is -4.48. The van der Waals surface area contributed by atoms with Gasteiger partial charge in [-0.1, -0.05) is 54.9 Å². The number of halogens is 4. The Balaban J connectivity index is 1.71. The molecule has 3 aromatic carbocycles. The van der Waals surface area contributed by atoms with Crippen molar-refractivity contribution in [3.8, 4) is 16.9 Å². The topological polar surface area (TPSA) is 72.5 Å². The third-order valence-electron chi connectivity index (χ3n) is 4.85. The highest BCUT2D eigenvalue weighted by molar-refractivity contribution is 7.91. The summed E-state index contributed by atoms with van der Waals surface area (Å²) < 4.78 is 66.4. The molecule has 0 aliphatic rings. The first-order valence-corrected chi connectivity index (χ1v) is 12.2. The summed E-state index contributed by atoms with van der Waals surface area (Å²) in [4.78, 5) is 12.6. The monoisotopic (exact) mass is 511 g/mol. The number of alkyl halides is 3. The molecule has 1 amide bonds. The van der Waals surface area contributed by atoms with Crippen LogP contribution < -0.4 is 10.1 Å². The molecule has 5 nitrogen and oxygen atoms in total. The summed E-state index contributed by atoms with van der Waals surface area (Å²) in [6, 6.07) is 17.0. The second-order valence-corrected chi connectivity index (χ2v) is 10.1. The van der Waals surface area contributed by atoms with Gasteiger partial charge in [0, 0.05) is 16.8 Å². The van der Waals surface area contributed by atoms with E-state index in [1.165, 1.54) is 24.3 Å². The minimum absolute atomic E-state index is 0.0114. The fourth-order valence-corrected chi connectivity index (χ4v) is 4.32. The number of ether oxygens (including phenoxy) is 1. The molecular formula is C24H21ClF3NO4S. The molecule has 0 aromatic heterocycles. The zero-order valence-electron chi connectivity index (χ0n) is 18.0. The lowest BCUT2D eigenvalue weighted by Crippen LogP contribution is -2.19. The van der Waals surface area contributed by atoms with Gasteiger partial charge in [0.1, 0.15) is 5.75 Å². The van der Waals surface area contributed by atoms with Crippen molar-refractivity contribution in [2.75, 3.05) is 17.7 Å². The number of rotatable bonds is 8. The third kappa shape index (κ3) is 6.74. The van der Waals surface area contributed by atoms with Crippen LogP contribution in [0.3, 0.4) is 0 Å². The van der Waals surface area contributed by atoms with E-state index >= 15 is 0 Å². The van der Waals surface area contributed by atoms with Crippen LogP contribution >= 0.6 is 11.6 Å². The Bertz CT molecular complexity index is 1280. The first-order valence-electron chi connectivity index (χ1n) is 10.2. The van der Waals surface area contributed by atoms with E-state index < -0.39 is 22.6 Å². The number of sulfone groups is 1. The maximum Gasteiger partial charge on any atom is 0.422 e. The zero-order chi connectivity index (χ0) is 24.9. The molecule has 0 heterocycles. The first-order chi connectivity index (χ1) is 16.0. The molecule has 3 aromatic rings. The minimum Gasteiger partial charge on any atom is -0.483 e. The number of anilines is 1. The molecule has 0 fully saturated rings. The molecule has 34 heavy (non-hydrogen) atoms. The van der Waals surface area contributed by atoms with Gasteiger partial charge >= 0.3 is 6.18 Å². The Hall–Kier alpha value is -3.04. The molecule has 10 heteroatoms. The van der Waals surface area contributed by atoms with Gasteiger partial charge in [0.25, 0.3) is 0 Å². The van der Waals surface area contributed by atoms with Gasteiger partial charge in [0.2, 0.25) is 5.91 Å². The Morgan fingerprint density at radius 1 is 1.00 bits per heavy atom. The fourth-order valence-electron chi connectivity index (χ4n) is 3.16. The number of amides is 1. The summed E-state index contributed by atoms with van der Waals surface area (Å²) in [5, 5.41) is 2.92. The maximum atomic E-state index is 12.6. The molecule has 0 saturated heterocycles. The molecule has 0 aliphatic carbocycles. The van der Waals surface area contributed by atoms with Crippen molar-refractivity contribution < 1.29 is 31.1 Å². The quantitative estimate of drug-likeness (QED) is 0.407. The van der Waals surface area contributed by atoms with Crippen molar-refractivity contribution in [3.05, 3.63) is 77.3 Å². The van der Waals surface area contributed by atoms with Crippen LogP contribution in [0.5, 0.6) is 5.75 Å². The van der Waals surface area contributed by atoms with E-state index in [9.17, 15) is 26.4 Å². The number of carbonyl (C=O) groups is 1. The molecule has 0 aliphatic heterocycles. The summed E-state index contributed by atoms with van der Waals surface area (Å²) in [6.07, 6.45) is -4.46. The van der Waals surface area contributed by atoms with Gasteiger partial charge in [0.05, 0.1) is 22.1 Å². The standard InChI is InChI=1S/C24H21ClF3NO4S/c1-2-34(31,32)18-10-7-16(8-11-18)13-23(30)29-17-9-12-19(21(25)14-17)20-5-3-4-6-22(20)33-15-24(26,27)28/h3-12,14H,2,13,15H2,1H3,(H,29,30). The predicted octanol–water partition coefficient (Wildman–Crippen LogP) is 5.92. The lowest BCUT2D eigenvalue weighted by Gasteiger charge is -2.15. The Morgan fingerprint density at radius 2 is 1.68 bits per heavy atom. The van der Waals surface area contributed by atoms with Crippen molar-refractivity contribution in [1.82, 2.24) is 0 Å². The molecule has 3 rings (SSSR count). The highest BCUT2D eigenvalue weighted by atomic mass is 35.5. The van der Waals surface area contributed by atoms with Crippen LogP contribution in [0.2, 0.25) is 5.02 Å². The van der Waals surface area contributed by atoms with Gasteiger partial charge in [-0.25, -0.2) is 8.42 Å². The number of benzene rings is 3. The van der Waals surface area contributed by atoms with E-state index in [-0.39, 0.29) is 33.7 Å². The maximum absolute atomic E-state index is 12.6. The highest BCUT2D eigenvalue weighted by Crippen LogP contribution is 2.36. The summed E-state index contributed by atoms with van der Waals surface area (Å²) in [6.45, 7) is 0.127. The van der Waals surface area contributed by atoms with E-state index in [1.807, 2.05) is 0 Å². The summed E-state index contributed by atoms with van der Waals surface area (Å²) in [5.74, 6) is -0.321. The lowest BCUT2D eigenvalue weighted by molar-refractivity contribution is -0.153.